The molecular weight excluding hydrogens is 675 g/mol. The Hall–Kier alpha value is -6.00. The summed E-state index contributed by atoms with van der Waals surface area (Å²) < 4.78 is 5.20. The Morgan fingerprint density at radius 2 is 0.868 bits per heavy atom. The van der Waals surface area contributed by atoms with Crippen LogP contribution in [0.25, 0.3) is 92.2 Å². The summed E-state index contributed by atoms with van der Waals surface area (Å²) in [7, 11) is -2.03. The van der Waals surface area contributed by atoms with Gasteiger partial charge in [-0.2, -0.15) is 23.5 Å². The van der Waals surface area contributed by atoms with E-state index in [1.807, 2.05) is 11.3 Å². The van der Waals surface area contributed by atoms with Crippen LogP contribution in [0.1, 0.15) is 0 Å². The smallest absolute Gasteiger partial charge is 0.0541 e. The van der Waals surface area contributed by atoms with Crippen molar-refractivity contribution in [3.63, 3.8) is 0 Å². The van der Waals surface area contributed by atoms with E-state index in [4.69, 9.17) is 0 Å². The lowest BCUT2D eigenvalue weighted by Crippen LogP contribution is -2.49. The summed E-state index contributed by atoms with van der Waals surface area (Å²) in [4.78, 5) is 0. The zero-order valence-corrected chi connectivity index (χ0v) is 31.4. The lowest BCUT2D eigenvalue weighted by Gasteiger charge is -2.32. The molecule has 0 radical (unpaired) electrons. The molecule has 0 N–H and O–H groups in total. The van der Waals surface area contributed by atoms with Gasteiger partial charge in [-0.3, -0.25) is 0 Å². The topological polar surface area (TPSA) is 4.93 Å². The number of hydrogen-bond donors (Lipinski definition) is 0. The molecule has 1 aliphatic heterocycles. The zero-order chi connectivity index (χ0) is 35.3. The maximum atomic E-state index is 2.53. The van der Waals surface area contributed by atoms with E-state index >= 15 is 0 Å². The van der Waals surface area contributed by atoms with Crippen LogP contribution in [0.3, 0.4) is 0 Å². The third kappa shape index (κ3) is 4.68. The fourth-order valence-corrected chi connectivity index (χ4v) is 13.1. The minimum absolute atomic E-state index is 1.23. The molecule has 53 heavy (non-hydrogen) atoms. The summed E-state index contributed by atoms with van der Waals surface area (Å²) in [5.74, 6) is 0. The van der Waals surface area contributed by atoms with Gasteiger partial charge in [0.15, 0.2) is 0 Å². The van der Waals surface area contributed by atoms with Crippen LogP contribution in [-0.4, -0.2) is 12.6 Å². The van der Waals surface area contributed by atoms with E-state index in [2.05, 4.69) is 194 Å². The van der Waals surface area contributed by atoms with Crippen molar-refractivity contribution in [2.24, 2.45) is 0 Å². The zero-order valence-electron chi connectivity index (χ0n) is 29.6. The third-order valence-corrected chi connectivity index (χ3v) is 16.3. The molecule has 0 saturated carbocycles. The van der Waals surface area contributed by atoms with Gasteiger partial charge in [0, 0.05) is 36.6 Å². The van der Waals surface area contributed by atoms with Gasteiger partial charge in [-0.05, 0) is 81.9 Å². The number of aromatic nitrogens is 1. The van der Waals surface area contributed by atoms with Crippen LogP contribution in [0.5, 0.6) is 0 Å². The molecule has 10 aromatic rings. The first-order valence-electron chi connectivity index (χ1n) is 18.4. The summed E-state index contributed by atoms with van der Waals surface area (Å²) >= 11 is 1.88. The van der Waals surface area contributed by atoms with Gasteiger partial charge in [0.1, 0.15) is 0 Å². The van der Waals surface area contributed by atoms with E-state index in [1.165, 1.54) is 103 Å². The van der Waals surface area contributed by atoms with Gasteiger partial charge < -0.3 is 4.57 Å². The summed E-state index contributed by atoms with van der Waals surface area (Å²) in [6.07, 6.45) is 0. The highest BCUT2D eigenvalue weighted by molar-refractivity contribution is 7.25. The molecule has 0 unspecified atom stereocenters. The Balaban J connectivity index is 1.05. The van der Waals surface area contributed by atoms with Gasteiger partial charge in [0.25, 0.3) is 0 Å². The van der Waals surface area contributed by atoms with Crippen molar-refractivity contribution in [2.45, 2.75) is 13.1 Å². The van der Waals surface area contributed by atoms with Crippen molar-refractivity contribution >= 4 is 71.8 Å². The van der Waals surface area contributed by atoms with Crippen molar-refractivity contribution in [3.05, 3.63) is 176 Å². The molecule has 3 heterocycles. The molecule has 251 valence electrons. The molecule has 1 nitrogen and oxygen atoms in total. The molecule has 8 aromatic carbocycles. The normalized spacial score (nSPS) is 13.2. The Morgan fingerprint density at radius 1 is 0.377 bits per heavy atom. The van der Waals surface area contributed by atoms with Crippen LogP contribution < -0.4 is 10.4 Å². The number of thiophene rings is 1. The molecule has 0 bridgehead atoms. The highest BCUT2D eigenvalue weighted by Gasteiger charge is 2.28. The molecule has 11 rings (SSSR count). The first kappa shape index (κ1) is 30.6. The molecule has 1 aliphatic rings. The third-order valence-electron chi connectivity index (χ3n) is 11.6. The predicted molar refractivity (Wildman–Crippen MR) is 232 cm³/mol. The number of nitrogens with zero attached hydrogens (tertiary/aromatic N) is 1. The minimum Gasteiger partial charge on any atom is -0.309 e. The standard InChI is InChI=1S/C50H35NSSi/c1-53(2)49-30-37(36-20-26-48-44(29-36)39-15-9-10-16-47(39)52-48)17-22-40(49)41-23-21-38(31-50(41)53)51-45-24-18-34(32-11-5-3-6-12-32)27-42(45)43-28-35(19-25-46(43)51)33-13-7-4-8-14-33/h3-31H,1-2H3/q-1. The first-order valence-corrected chi connectivity index (χ1v) is 22.2. The van der Waals surface area contributed by atoms with Crippen molar-refractivity contribution in [1.82, 2.24) is 4.57 Å². The van der Waals surface area contributed by atoms with Gasteiger partial charge in [-0.1, -0.05) is 147 Å². The number of rotatable bonds is 4. The summed E-state index contributed by atoms with van der Waals surface area (Å²) in [5, 5.41) is 8.30. The fourth-order valence-electron chi connectivity index (χ4n) is 8.87. The summed E-state index contributed by atoms with van der Waals surface area (Å²) in [5.41, 5.74) is 14.0. The highest BCUT2D eigenvalue weighted by Crippen LogP contribution is 2.40. The van der Waals surface area contributed by atoms with Crippen LogP contribution in [0.4, 0.5) is 0 Å². The van der Waals surface area contributed by atoms with E-state index in [1.54, 1.807) is 0 Å². The lowest BCUT2D eigenvalue weighted by atomic mass is 9.99. The highest BCUT2D eigenvalue weighted by atomic mass is 32.1. The first-order chi connectivity index (χ1) is 26.0. The van der Waals surface area contributed by atoms with E-state index in [-0.39, 0.29) is 0 Å². The minimum atomic E-state index is -2.03. The number of benzene rings is 8. The molecule has 0 fully saturated rings. The van der Waals surface area contributed by atoms with Crippen LogP contribution in [0.15, 0.2) is 176 Å². The average molecular weight is 710 g/mol. The second-order valence-electron chi connectivity index (χ2n) is 15.0. The Morgan fingerprint density at radius 3 is 1.55 bits per heavy atom. The lowest BCUT2D eigenvalue weighted by molar-refractivity contribution is 1.18. The molecule has 0 atom stereocenters. The predicted octanol–water partition coefficient (Wildman–Crippen LogP) is 13.0. The monoisotopic (exact) mass is 709 g/mol. The van der Waals surface area contributed by atoms with E-state index in [0.29, 0.717) is 0 Å². The van der Waals surface area contributed by atoms with Crippen molar-refractivity contribution in [3.8, 4) is 50.2 Å². The average Bonchev–Trinajstić information content (AvgIpc) is 3.82. The largest absolute Gasteiger partial charge is 0.309 e. The molecule has 0 amide bonds. The Bertz CT molecular complexity index is 2980. The van der Waals surface area contributed by atoms with Gasteiger partial charge >= 0.3 is 0 Å². The Kier molecular flexibility index (Phi) is 6.64. The maximum Gasteiger partial charge on any atom is 0.0541 e. The van der Waals surface area contributed by atoms with Crippen LogP contribution in [0, 0.1) is 0 Å². The van der Waals surface area contributed by atoms with E-state index < -0.39 is 8.07 Å². The van der Waals surface area contributed by atoms with Crippen molar-refractivity contribution < 1.29 is 0 Å². The summed E-state index contributed by atoms with van der Waals surface area (Å²) in [6, 6.07) is 65.7. The molecule has 2 aromatic heterocycles. The van der Waals surface area contributed by atoms with Crippen LogP contribution in [0.2, 0.25) is 13.1 Å². The SMILES string of the molecule is C[Si-]1(C)c2cc(-c3ccc4sc5ccccc5c4c3)ccc2-c2ccc(-n3c4ccc(-c5ccccc5)cc4c4cc(-c5ccccc5)ccc43)cc21. The van der Waals surface area contributed by atoms with Gasteiger partial charge in [0.05, 0.1) is 11.0 Å². The Labute approximate surface area is 314 Å². The second kappa shape index (κ2) is 11.5. The molecule has 3 heteroatoms. The van der Waals surface area contributed by atoms with Crippen molar-refractivity contribution in [1.29, 1.82) is 0 Å². The van der Waals surface area contributed by atoms with Gasteiger partial charge in [-0.25, -0.2) is 0 Å². The molecule has 0 spiro atoms. The maximum absolute atomic E-state index is 2.53. The quantitative estimate of drug-likeness (QED) is 0.160. The second-order valence-corrected chi connectivity index (χ2v) is 20.4. The van der Waals surface area contributed by atoms with Gasteiger partial charge in [-0.15, -0.1) is 11.3 Å². The van der Waals surface area contributed by atoms with Gasteiger partial charge in [0.2, 0.25) is 0 Å². The van der Waals surface area contributed by atoms with E-state index in [0.717, 1.165) is 0 Å². The van der Waals surface area contributed by atoms with Crippen LogP contribution in [-0.2, 0) is 0 Å². The number of hydrogen-bond acceptors (Lipinski definition) is 1. The fraction of sp³-hybridized carbons (Fsp3) is 0.0400. The molecule has 0 saturated heterocycles. The molecule has 0 aliphatic carbocycles. The molecular formula is C50H35NSSi-. The number of fused-ring (bicyclic) bond motifs is 9. The van der Waals surface area contributed by atoms with Crippen LogP contribution >= 0.6 is 11.3 Å². The summed E-state index contributed by atoms with van der Waals surface area (Å²) in [6.45, 7) is 5.07. The van der Waals surface area contributed by atoms with Crippen molar-refractivity contribution in [2.75, 3.05) is 0 Å². The van der Waals surface area contributed by atoms with E-state index in [9.17, 15) is 0 Å².